The average Bonchev–Trinajstić information content (AvgIpc) is 2.64. The summed E-state index contributed by atoms with van der Waals surface area (Å²) in [6.07, 6.45) is 2.17. The van der Waals surface area contributed by atoms with Crippen LogP contribution in [0.1, 0.15) is 25.3 Å². The molecule has 1 N–H and O–H groups in total. The molecule has 0 saturated carbocycles. The summed E-state index contributed by atoms with van der Waals surface area (Å²) in [7, 11) is 0. The zero-order valence-electron chi connectivity index (χ0n) is 9.97. The van der Waals surface area contributed by atoms with Gasteiger partial charge < -0.3 is 5.11 Å². The Kier molecular flexibility index (Phi) is 3.97. The molecule has 88 valence electrons. The molecule has 0 amide bonds. The minimum absolute atomic E-state index is 0.306. The van der Waals surface area contributed by atoms with E-state index in [1.165, 1.54) is 18.5 Å². The molecule has 1 aromatic carbocycles. The van der Waals surface area contributed by atoms with Gasteiger partial charge in [0.1, 0.15) is 0 Å². The van der Waals surface area contributed by atoms with Gasteiger partial charge in [-0.1, -0.05) is 37.3 Å². The predicted octanol–water partition coefficient (Wildman–Crippen LogP) is 2.28. The molecule has 2 heteroatoms. The van der Waals surface area contributed by atoms with Crippen LogP contribution in [-0.2, 0) is 6.54 Å². The van der Waals surface area contributed by atoms with Crippen LogP contribution in [0.5, 0.6) is 0 Å². The van der Waals surface area contributed by atoms with Crippen LogP contribution in [0.4, 0.5) is 0 Å². The van der Waals surface area contributed by atoms with Gasteiger partial charge in [-0.15, -0.1) is 0 Å². The molecule has 1 fully saturated rings. The monoisotopic (exact) mass is 219 g/mol. The Hall–Kier alpha value is -0.860. The van der Waals surface area contributed by atoms with E-state index in [0.717, 1.165) is 18.9 Å². The van der Waals surface area contributed by atoms with Crippen LogP contribution in [0.25, 0.3) is 0 Å². The second-order valence-corrected chi connectivity index (χ2v) is 4.80. The van der Waals surface area contributed by atoms with Crippen molar-refractivity contribution in [3.05, 3.63) is 35.9 Å². The van der Waals surface area contributed by atoms with Crippen molar-refractivity contribution < 1.29 is 5.11 Å². The van der Waals surface area contributed by atoms with E-state index >= 15 is 0 Å². The standard InChI is InChI=1S/C14H21NO/c1-12-7-9-15(14(12)8-10-16)11-13-5-3-2-4-6-13/h2-6,12,14,16H,7-11H2,1H3. The van der Waals surface area contributed by atoms with Gasteiger partial charge >= 0.3 is 0 Å². The lowest BCUT2D eigenvalue weighted by Gasteiger charge is -2.26. The highest BCUT2D eigenvalue weighted by molar-refractivity contribution is 5.14. The predicted molar refractivity (Wildman–Crippen MR) is 66.1 cm³/mol. The van der Waals surface area contributed by atoms with Crippen LogP contribution in [0.15, 0.2) is 30.3 Å². The molecule has 2 rings (SSSR count). The SMILES string of the molecule is CC1CCN(Cc2ccccc2)C1CCO. The number of nitrogens with zero attached hydrogens (tertiary/aromatic N) is 1. The Morgan fingerprint density at radius 2 is 2.06 bits per heavy atom. The minimum Gasteiger partial charge on any atom is -0.396 e. The highest BCUT2D eigenvalue weighted by Crippen LogP contribution is 2.27. The smallest absolute Gasteiger partial charge is 0.0446 e. The van der Waals surface area contributed by atoms with E-state index in [2.05, 4.69) is 42.2 Å². The Labute approximate surface area is 97.9 Å². The zero-order valence-corrected chi connectivity index (χ0v) is 9.97. The maximum absolute atomic E-state index is 9.10. The Morgan fingerprint density at radius 1 is 1.31 bits per heavy atom. The second kappa shape index (κ2) is 5.46. The number of aliphatic hydroxyl groups is 1. The summed E-state index contributed by atoms with van der Waals surface area (Å²) >= 11 is 0. The van der Waals surface area contributed by atoms with Gasteiger partial charge in [0.15, 0.2) is 0 Å². The average molecular weight is 219 g/mol. The third-order valence-corrected chi connectivity index (χ3v) is 3.65. The van der Waals surface area contributed by atoms with E-state index in [0.29, 0.717) is 12.6 Å². The van der Waals surface area contributed by atoms with Crippen molar-refractivity contribution in [2.75, 3.05) is 13.2 Å². The summed E-state index contributed by atoms with van der Waals surface area (Å²) in [5, 5.41) is 9.10. The molecule has 2 unspecified atom stereocenters. The minimum atomic E-state index is 0.306. The van der Waals surface area contributed by atoms with Gasteiger partial charge in [-0.05, 0) is 30.9 Å². The van der Waals surface area contributed by atoms with Crippen molar-refractivity contribution in [1.29, 1.82) is 0 Å². The van der Waals surface area contributed by atoms with E-state index < -0.39 is 0 Å². The topological polar surface area (TPSA) is 23.5 Å². The van der Waals surface area contributed by atoms with Gasteiger partial charge in [-0.3, -0.25) is 4.90 Å². The Bertz CT molecular complexity index is 312. The van der Waals surface area contributed by atoms with Crippen molar-refractivity contribution in [2.45, 2.75) is 32.4 Å². The van der Waals surface area contributed by atoms with Gasteiger partial charge in [0.2, 0.25) is 0 Å². The first-order valence-electron chi connectivity index (χ1n) is 6.20. The largest absolute Gasteiger partial charge is 0.396 e. The molecular formula is C14H21NO. The number of likely N-dealkylation sites (tertiary alicyclic amines) is 1. The lowest BCUT2D eigenvalue weighted by atomic mass is 10.00. The van der Waals surface area contributed by atoms with Crippen molar-refractivity contribution >= 4 is 0 Å². The van der Waals surface area contributed by atoms with E-state index in [1.807, 2.05) is 0 Å². The van der Waals surface area contributed by atoms with Crippen LogP contribution < -0.4 is 0 Å². The molecule has 16 heavy (non-hydrogen) atoms. The lowest BCUT2D eigenvalue weighted by Crippen LogP contribution is -2.32. The summed E-state index contributed by atoms with van der Waals surface area (Å²) in [6.45, 7) is 4.79. The molecule has 0 aromatic heterocycles. The van der Waals surface area contributed by atoms with Gasteiger partial charge in [0, 0.05) is 19.2 Å². The van der Waals surface area contributed by atoms with Gasteiger partial charge in [0.05, 0.1) is 0 Å². The molecule has 0 bridgehead atoms. The molecule has 1 aromatic rings. The van der Waals surface area contributed by atoms with Crippen LogP contribution >= 0.6 is 0 Å². The van der Waals surface area contributed by atoms with E-state index in [1.54, 1.807) is 0 Å². The highest BCUT2D eigenvalue weighted by Gasteiger charge is 2.30. The maximum Gasteiger partial charge on any atom is 0.0446 e. The first-order valence-corrected chi connectivity index (χ1v) is 6.20. The van der Waals surface area contributed by atoms with E-state index in [4.69, 9.17) is 5.11 Å². The first-order chi connectivity index (χ1) is 7.81. The number of aliphatic hydroxyl groups excluding tert-OH is 1. The summed E-state index contributed by atoms with van der Waals surface area (Å²) in [6, 6.07) is 11.2. The molecule has 1 heterocycles. The Balaban J connectivity index is 1.99. The van der Waals surface area contributed by atoms with Crippen molar-refractivity contribution in [3.8, 4) is 0 Å². The molecule has 1 aliphatic rings. The normalized spacial score (nSPS) is 26.1. The third-order valence-electron chi connectivity index (χ3n) is 3.65. The highest BCUT2D eigenvalue weighted by atomic mass is 16.3. The number of hydrogen-bond donors (Lipinski definition) is 1. The van der Waals surface area contributed by atoms with E-state index in [9.17, 15) is 0 Å². The first kappa shape index (κ1) is 11.6. The summed E-state index contributed by atoms with van der Waals surface area (Å²) in [5.74, 6) is 0.718. The molecule has 2 nitrogen and oxygen atoms in total. The van der Waals surface area contributed by atoms with Crippen LogP contribution in [0, 0.1) is 5.92 Å². The molecule has 1 saturated heterocycles. The van der Waals surface area contributed by atoms with E-state index in [-0.39, 0.29) is 0 Å². The fourth-order valence-corrected chi connectivity index (χ4v) is 2.70. The van der Waals surface area contributed by atoms with Gasteiger partial charge in [-0.2, -0.15) is 0 Å². The molecule has 0 radical (unpaired) electrons. The number of benzene rings is 1. The summed E-state index contributed by atoms with van der Waals surface area (Å²) < 4.78 is 0. The quantitative estimate of drug-likeness (QED) is 0.839. The molecule has 2 atom stereocenters. The summed E-state index contributed by atoms with van der Waals surface area (Å²) in [4.78, 5) is 2.51. The van der Waals surface area contributed by atoms with Crippen molar-refractivity contribution in [1.82, 2.24) is 4.90 Å². The van der Waals surface area contributed by atoms with Crippen molar-refractivity contribution in [2.24, 2.45) is 5.92 Å². The van der Waals surface area contributed by atoms with Crippen LogP contribution in [-0.4, -0.2) is 29.2 Å². The fraction of sp³-hybridized carbons (Fsp3) is 0.571. The molecule has 1 aliphatic heterocycles. The maximum atomic E-state index is 9.10. The molecule has 0 spiro atoms. The summed E-state index contributed by atoms with van der Waals surface area (Å²) in [5.41, 5.74) is 1.37. The molecule has 0 aliphatic carbocycles. The van der Waals surface area contributed by atoms with Crippen LogP contribution in [0.3, 0.4) is 0 Å². The molecular weight excluding hydrogens is 198 g/mol. The second-order valence-electron chi connectivity index (χ2n) is 4.80. The Morgan fingerprint density at radius 3 is 2.75 bits per heavy atom. The number of hydrogen-bond acceptors (Lipinski definition) is 2. The van der Waals surface area contributed by atoms with Crippen LogP contribution in [0.2, 0.25) is 0 Å². The lowest BCUT2D eigenvalue weighted by molar-refractivity contribution is 0.171. The fourth-order valence-electron chi connectivity index (χ4n) is 2.70. The van der Waals surface area contributed by atoms with Gasteiger partial charge in [0.25, 0.3) is 0 Å². The van der Waals surface area contributed by atoms with Gasteiger partial charge in [-0.25, -0.2) is 0 Å². The van der Waals surface area contributed by atoms with Crippen molar-refractivity contribution in [3.63, 3.8) is 0 Å². The number of rotatable bonds is 4. The third kappa shape index (κ3) is 2.63. The zero-order chi connectivity index (χ0) is 11.4.